The quantitative estimate of drug-likeness (QED) is 0.814. The number of hydrogen-bond donors (Lipinski definition) is 2. The molecule has 1 amide bonds. The van der Waals surface area contributed by atoms with Crippen molar-refractivity contribution < 1.29 is 15.0 Å². The standard InChI is InChI=1S/C21H23N3O3/c25-19-16(9-21(19)7-12-5-6-13(8-21)24(12)20(26)27)18-15-4-2-1-3-14(15)17-10-22-11-23(17)18/h1-4,10-13,16,18-19,25H,5-9H2,(H,26,27)/t12-,13+,16-,18-,19+,21?/m0/s1. The zero-order chi connectivity index (χ0) is 18.3. The van der Waals surface area contributed by atoms with Gasteiger partial charge in [-0.15, -0.1) is 0 Å². The maximum atomic E-state index is 11.6. The van der Waals surface area contributed by atoms with Gasteiger partial charge in [-0.1, -0.05) is 24.3 Å². The number of hydrogen-bond acceptors (Lipinski definition) is 3. The van der Waals surface area contributed by atoms with E-state index in [4.69, 9.17) is 0 Å². The van der Waals surface area contributed by atoms with Crippen LogP contribution in [-0.2, 0) is 0 Å². The Morgan fingerprint density at radius 1 is 1.15 bits per heavy atom. The molecule has 1 aromatic carbocycles. The van der Waals surface area contributed by atoms with Crippen LogP contribution in [-0.4, -0.2) is 48.9 Å². The first-order valence-electron chi connectivity index (χ1n) is 9.89. The van der Waals surface area contributed by atoms with Crippen molar-refractivity contribution in [2.45, 2.75) is 56.3 Å². The number of imidazole rings is 1. The number of carbonyl (C=O) groups is 1. The number of carboxylic acid groups (broad SMARTS) is 1. The molecule has 6 rings (SSSR count). The molecule has 1 aromatic heterocycles. The molecule has 140 valence electrons. The smallest absolute Gasteiger partial charge is 0.407 e. The molecule has 3 aliphatic heterocycles. The second kappa shape index (κ2) is 5.13. The van der Waals surface area contributed by atoms with Gasteiger partial charge >= 0.3 is 6.09 Å². The second-order valence-electron chi connectivity index (χ2n) is 8.88. The molecule has 2 bridgehead atoms. The molecule has 6 heteroatoms. The van der Waals surface area contributed by atoms with Gasteiger partial charge in [0.15, 0.2) is 0 Å². The van der Waals surface area contributed by atoms with Crippen LogP contribution in [0.4, 0.5) is 4.79 Å². The highest BCUT2D eigenvalue weighted by Gasteiger charge is 2.62. The largest absolute Gasteiger partial charge is 0.465 e. The minimum absolute atomic E-state index is 0.0801. The topological polar surface area (TPSA) is 78.6 Å². The monoisotopic (exact) mass is 365 g/mol. The first kappa shape index (κ1) is 15.7. The first-order valence-corrected chi connectivity index (χ1v) is 9.89. The summed E-state index contributed by atoms with van der Waals surface area (Å²) >= 11 is 0. The summed E-state index contributed by atoms with van der Waals surface area (Å²) in [5, 5.41) is 20.8. The molecule has 6 nitrogen and oxygen atoms in total. The Balaban J connectivity index is 1.31. The van der Waals surface area contributed by atoms with E-state index in [-0.39, 0.29) is 35.6 Å². The van der Waals surface area contributed by atoms with Crippen molar-refractivity contribution >= 4 is 6.09 Å². The number of nitrogens with zero attached hydrogens (tertiary/aromatic N) is 3. The fraction of sp³-hybridized carbons (Fsp3) is 0.524. The van der Waals surface area contributed by atoms with Crippen LogP contribution < -0.4 is 0 Å². The SMILES string of the molecule is O=C(O)N1[C@@H]2CC[C@H]1CC1(C[C@@H]([C@@H]3c4ccccc4-c4cncn43)[C@H]1O)C2. The van der Waals surface area contributed by atoms with Crippen molar-refractivity contribution in [1.82, 2.24) is 14.5 Å². The summed E-state index contributed by atoms with van der Waals surface area (Å²) in [5.41, 5.74) is 3.51. The van der Waals surface area contributed by atoms with Crippen LogP contribution in [0.25, 0.3) is 11.3 Å². The van der Waals surface area contributed by atoms with Gasteiger partial charge in [-0.25, -0.2) is 9.78 Å². The summed E-state index contributed by atoms with van der Waals surface area (Å²) in [6.07, 6.45) is 7.06. The van der Waals surface area contributed by atoms with Gasteiger partial charge in [0, 0.05) is 29.0 Å². The van der Waals surface area contributed by atoms with Gasteiger partial charge in [0.2, 0.25) is 0 Å². The van der Waals surface area contributed by atoms with E-state index in [1.165, 1.54) is 11.1 Å². The van der Waals surface area contributed by atoms with Gasteiger partial charge in [-0.2, -0.15) is 0 Å². The molecule has 6 atom stereocenters. The number of aliphatic hydroxyl groups excluding tert-OH is 1. The number of fused-ring (bicyclic) bond motifs is 5. The Kier molecular flexibility index (Phi) is 2.98. The molecule has 4 heterocycles. The highest BCUT2D eigenvalue weighted by Crippen LogP contribution is 2.62. The third kappa shape index (κ3) is 1.89. The maximum absolute atomic E-state index is 11.6. The fourth-order valence-corrected chi connectivity index (χ4v) is 6.69. The van der Waals surface area contributed by atoms with E-state index in [1.807, 2.05) is 12.5 Å². The Labute approximate surface area is 157 Å². The van der Waals surface area contributed by atoms with Crippen molar-refractivity contribution in [2.24, 2.45) is 11.3 Å². The zero-order valence-electron chi connectivity index (χ0n) is 15.0. The number of piperidine rings is 1. The highest BCUT2D eigenvalue weighted by atomic mass is 16.4. The van der Waals surface area contributed by atoms with Crippen LogP contribution in [0.1, 0.15) is 43.7 Å². The molecule has 3 fully saturated rings. The third-order valence-electron chi connectivity index (χ3n) is 7.73. The second-order valence-corrected chi connectivity index (χ2v) is 8.88. The lowest BCUT2D eigenvalue weighted by Crippen LogP contribution is -2.62. The molecule has 1 spiro atoms. The van der Waals surface area contributed by atoms with E-state index in [2.05, 4.69) is 33.8 Å². The molecule has 1 saturated carbocycles. The minimum atomic E-state index is -0.796. The van der Waals surface area contributed by atoms with E-state index in [9.17, 15) is 15.0 Å². The Morgan fingerprint density at radius 2 is 1.89 bits per heavy atom. The summed E-state index contributed by atoms with van der Waals surface area (Å²) in [5.74, 6) is 0.164. The highest BCUT2D eigenvalue weighted by molar-refractivity contribution is 5.69. The molecule has 1 aliphatic carbocycles. The van der Waals surface area contributed by atoms with Crippen molar-refractivity contribution in [2.75, 3.05) is 0 Å². The van der Waals surface area contributed by atoms with Crippen LogP contribution >= 0.6 is 0 Å². The molecule has 2 saturated heterocycles. The molecular formula is C21H23N3O3. The average molecular weight is 365 g/mol. The zero-order valence-corrected chi connectivity index (χ0v) is 15.0. The minimum Gasteiger partial charge on any atom is -0.465 e. The van der Waals surface area contributed by atoms with Crippen LogP contribution in [0, 0.1) is 11.3 Å². The van der Waals surface area contributed by atoms with Gasteiger partial charge in [0.1, 0.15) is 0 Å². The van der Waals surface area contributed by atoms with Gasteiger partial charge in [0.25, 0.3) is 0 Å². The molecule has 2 N–H and O–H groups in total. The van der Waals surface area contributed by atoms with Crippen molar-refractivity contribution in [3.05, 3.63) is 42.4 Å². The van der Waals surface area contributed by atoms with E-state index >= 15 is 0 Å². The molecule has 0 radical (unpaired) electrons. The van der Waals surface area contributed by atoms with Gasteiger partial charge in [-0.05, 0) is 37.7 Å². The molecule has 4 aliphatic rings. The van der Waals surface area contributed by atoms with Crippen LogP contribution in [0.3, 0.4) is 0 Å². The summed E-state index contributed by atoms with van der Waals surface area (Å²) in [6.45, 7) is 0. The van der Waals surface area contributed by atoms with Crippen LogP contribution in [0.15, 0.2) is 36.8 Å². The van der Waals surface area contributed by atoms with Crippen molar-refractivity contribution in [3.63, 3.8) is 0 Å². The van der Waals surface area contributed by atoms with Gasteiger partial charge < -0.3 is 19.7 Å². The lowest BCUT2D eigenvalue weighted by molar-refractivity contribution is -0.166. The maximum Gasteiger partial charge on any atom is 0.407 e. The summed E-state index contributed by atoms with van der Waals surface area (Å²) in [7, 11) is 0. The summed E-state index contributed by atoms with van der Waals surface area (Å²) in [6, 6.07) is 8.72. The van der Waals surface area contributed by atoms with E-state index in [1.54, 1.807) is 4.90 Å². The molecule has 1 unspecified atom stereocenters. The van der Waals surface area contributed by atoms with Crippen molar-refractivity contribution in [3.8, 4) is 11.3 Å². The van der Waals surface area contributed by atoms with E-state index in [0.29, 0.717) is 0 Å². The first-order chi connectivity index (χ1) is 13.1. The molecular weight excluding hydrogens is 342 g/mol. The third-order valence-corrected chi connectivity index (χ3v) is 7.73. The molecule has 27 heavy (non-hydrogen) atoms. The Morgan fingerprint density at radius 3 is 2.59 bits per heavy atom. The van der Waals surface area contributed by atoms with E-state index < -0.39 is 6.09 Å². The van der Waals surface area contributed by atoms with Crippen LogP contribution in [0.2, 0.25) is 0 Å². The number of benzene rings is 1. The van der Waals surface area contributed by atoms with Crippen molar-refractivity contribution in [1.29, 1.82) is 0 Å². The summed E-state index contributed by atoms with van der Waals surface area (Å²) < 4.78 is 2.21. The van der Waals surface area contributed by atoms with Gasteiger partial charge in [0.05, 0.1) is 30.4 Å². The predicted molar refractivity (Wildman–Crippen MR) is 98.3 cm³/mol. The lowest BCUT2D eigenvalue weighted by atomic mass is 9.51. The average Bonchev–Trinajstić information content (AvgIpc) is 3.32. The van der Waals surface area contributed by atoms with Gasteiger partial charge in [-0.3, -0.25) is 0 Å². The number of amides is 1. The van der Waals surface area contributed by atoms with Crippen LogP contribution in [0.5, 0.6) is 0 Å². The Hall–Kier alpha value is -2.34. The fourth-order valence-electron chi connectivity index (χ4n) is 6.69. The predicted octanol–water partition coefficient (Wildman–Crippen LogP) is 3.12. The van der Waals surface area contributed by atoms with E-state index in [0.717, 1.165) is 37.8 Å². The lowest BCUT2D eigenvalue weighted by Gasteiger charge is -2.59. The number of aliphatic hydroxyl groups is 1. The Bertz CT molecular complexity index is 924. The molecule has 2 aromatic rings. The normalized spacial score (nSPS) is 38.6. The summed E-state index contributed by atoms with van der Waals surface area (Å²) in [4.78, 5) is 17.6. The number of rotatable bonds is 1. The number of aromatic nitrogens is 2.